The summed E-state index contributed by atoms with van der Waals surface area (Å²) in [6, 6.07) is 4.27. The lowest BCUT2D eigenvalue weighted by Crippen LogP contribution is -2.28. The van der Waals surface area contributed by atoms with Gasteiger partial charge in [0.05, 0.1) is 11.3 Å². The maximum Gasteiger partial charge on any atom is 0.337 e. The first-order valence-corrected chi connectivity index (χ1v) is 5.78. The zero-order chi connectivity index (χ0) is 12.6. The van der Waals surface area contributed by atoms with Crippen LogP contribution in [0.3, 0.4) is 0 Å². The molecule has 0 amide bonds. The number of anilines is 1. The van der Waals surface area contributed by atoms with Crippen molar-refractivity contribution in [3.63, 3.8) is 0 Å². The van der Waals surface area contributed by atoms with Crippen LogP contribution in [0.4, 0.5) is 10.1 Å². The van der Waals surface area contributed by atoms with Gasteiger partial charge in [-0.25, -0.2) is 9.18 Å². The lowest BCUT2D eigenvalue weighted by molar-refractivity contribution is 0.0697. The number of hydrogen-bond donors (Lipinski definition) is 1. The van der Waals surface area contributed by atoms with Crippen molar-refractivity contribution in [2.45, 2.75) is 26.3 Å². The standard InChI is InChI=1S/C13H16FNO2/c1-8-5-9(2)15(7-8)12-4-3-10(14)6-11(12)13(16)17/h3-4,6,8-9H,5,7H2,1-2H3,(H,16,17). The van der Waals surface area contributed by atoms with E-state index in [1.165, 1.54) is 6.07 Å². The summed E-state index contributed by atoms with van der Waals surface area (Å²) < 4.78 is 13.1. The molecule has 17 heavy (non-hydrogen) atoms. The number of aromatic carboxylic acids is 1. The van der Waals surface area contributed by atoms with Crippen molar-refractivity contribution in [1.82, 2.24) is 0 Å². The molecule has 0 spiro atoms. The van der Waals surface area contributed by atoms with Crippen LogP contribution in [-0.4, -0.2) is 23.7 Å². The molecule has 92 valence electrons. The van der Waals surface area contributed by atoms with Gasteiger partial charge in [-0.15, -0.1) is 0 Å². The summed E-state index contributed by atoms with van der Waals surface area (Å²) in [7, 11) is 0. The molecule has 1 aromatic carbocycles. The Balaban J connectivity index is 2.41. The van der Waals surface area contributed by atoms with Crippen LogP contribution in [0.25, 0.3) is 0 Å². The maximum absolute atomic E-state index is 13.1. The minimum absolute atomic E-state index is 0.0472. The van der Waals surface area contributed by atoms with Gasteiger partial charge in [0.1, 0.15) is 5.82 Å². The van der Waals surface area contributed by atoms with Crippen LogP contribution in [-0.2, 0) is 0 Å². The molecule has 1 heterocycles. The van der Waals surface area contributed by atoms with E-state index in [2.05, 4.69) is 13.8 Å². The van der Waals surface area contributed by atoms with Gasteiger partial charge in [-0.3, -0.25) is 0 Å². The monoisotopic (exact) mass is 237 g/mol. The van der Waals surface area contributed by atoms with Crippen LogP contribution in [0.2, 0.25) is 0 Å². The first-order chi connectivity index (χ1) is 7.99. The van der Waals surface area contributed by atoms with E-state index in [1.807, 2.05) is 4.90 Å². The van der Waals surface area contributed by atoms with E-state index >= 15 is 0 Å². The first kappa shape index (κ1) is 11.9. The highest BCUT2D eigenvalue weighted by Gasteiger charge is 2.29. The minimum atomic E-state index is -1.08. The molecule has 1 aliphatic heterocycles. The van der Waals surface area contributed by atoms with E-state index in [4.69, 9.17) is 5.11 Å². The highest BCUT2D eigenvalue weighted by molar-refractivity contribution is 5.94. The molecule has 0 saturated carbocycles. The van der Waals surface area contributed by atoms with Crippen molar-refractivity contribution in [3.05, 3.63) is 29.6 Å². The molecule has 1 fully saturated rings. The summed E-state index contributed by atoms with van der Waals surface area (Å²) in [6.45, 7) is 5.03. The number of benzene rings is 1. The third kappa shape index (κ3) is 2.25. The number of halogens is 1. The molecule has 0 aliphatic carbocycles. The van der Waals surface area contributed by atoms with Crippen LogP contribution in [0.15, 0.2) is 18.2 Å². The normalized spacial score (nSPS) is 24.1. The van der Waals surface area contributed by atoms with Gasteiger partial charge in [0.25, 0.3) is 0 Å². The Labute approximate surface area is 99.9 Å². The molecule has 2 atom stereocenters. The van der Waals surface area contributed by atoms with Crippen LogP contribution >= 0.6 is 0 Å². The Morgan fingerprint density at radius 1 is 1.47 bits per heavy atom. The van der Waals surface area contributed by atoms with Crippen LogP contribution in [0.1, 0.15) is 30.6 Å². The Morgan fingerprint density at radius 3 is 2.71 bits per heavy atom. The van der Waals surface area contributed by atoms with Gasteiger partial charge >= 0.3 is 5.97 Å². The molecule has 1 saturated heterocycles. The smallest absolute Gasteiger partial charge is 0.337 e. The van der Waals surface area contributed by atoms with E-state index in [9.17, 15) is 9.18 Å². The van der Waals surface area contributed by atoms with Gasteiger partial charge < -0.3 is 10.0 Å². The Hall–Kier alpha value is -1.58. The number of carboxylic acids is 1. The van der Waals surface area contributed by atoms with Gasteiger partial charge in [0.2, 0.25) is 0 Å². The van der Waals surface area contributed by atoms with Crippen LogP contribution in [0, 0.1) is 11.7 Å². The molecular weight excluding hydrogens is 221 g/mol. The summed E-state index contributed by atoms with van der Waals surface area (Å²) in [4.78, 5) is 13.2. The second kappa shape index (κ2) is 4.35. The van der Waals surface area contributed by atoms with E-state index in [1.54, 1.807) is 6.07 Å². The van der Waals surface area contributed by atoms with Crippen molar-refractivity contribution in [2.75, 3.05) is 11.4 Å². The van der Waals surface area contributed by atoms with E-state index in [0.29, 0.717) is 17.6 Å². The fourth-order valence-electron chi connectivity index (χ4n) is 2.57. The van der Waals surface area contributed by atoms with Crippen LogP contribution in [0.5, 0.6) is 0 Å². The number of carboxylic acid groups (broad SMARTS) is 1. The minimum Gasteiger partial charge on any atom is -0.478 e. The lowest BCUT2D eigenvalue weighted by Gasteiger charge is -2.25. The average Bonchev–Trinajstić information content (AvgIpc) is 2.57. The van der Waals surface area contributed by atoms with Crippen molar-refractivity contribution in [2.24, 2.45) is 5.92 Å². The zero-order valence-electron chi connectivity index (χ0n) is 9.98. The Morgan fingerprint density at radius 2 is 2.18 bits per heavy atom. The quantitative estimate of drug-likeness (QED) is 0.859. The number of hydrogen-bond acceptors (Lipinski definition) is 2. The fraction of sp³-hybridized carbons (Fsp3) is 0.462. The third-order valence-corrected chi connectivity index (χ3v) is 3.28. The number of rotatable bonds is 2. The van der Waals surface area contributed by atoms with E-state index < -0.39 is 11.8 Å². The largest absolute Gasteiger partial charge is 0.478 e. The number of nitrogens with zero attached hydrogens (tertiary/aromatic N) is 1. The van der Waals surface area contributed by atoms with Crippen molar-refractivity contribution in [1.29, 1.82) is 0 Å². The highest BCUT2D eigenvalue weighted by Crippen LogP contribution is 2.31. The molecule has 1 aliphatic rings. The molecule has 4 heteroatoms. The van der Waals surface area contributed by atoms with E-state index in [0.717, 1.165) is 19.0 Å². The van der Waals surface area contributed by atoms with E-state index in [-0.39, 0.29) is 5.56 Å². The predicted molar refractivity (Wildman–Crippen MR) is 63.9 cm³/mol. The highest BCUT2D eigenvalue weighted by atomic mass is 19.1. The van der Waals surface area contributed by atoms with Crippen molar-refractivity contribution in [3.8, 4) is 0 Å². The lowest BCUT2D eigenvalue weighted by atomic mass is 10.1. The maximum atomic E-state index is 13.1. The molecule has 0 bridgehead atoms. The molecule has 2 unspecified atom stereocenters. The van der Waals surface area contributed by atoms with Gasteiger partial charge in [-0.1, -0.05) is 6.92 Å². The molecule has 2 rings (SSSR count). The molecule has 0 aromatic heterocycles. The fourth-order valence-corrected chi connectivity index (χ4v) is 2.57. The Kier molecular flexibility index (Phi) is 3.05. The molecule has 0 radical (unpaired) electrons. The summed E-state index contributed by atoms with van der Waals surface area (Å²) in [5.41, 5.74) is 0.668. The molecule has 3 nitrogen and oxygen atoms in total. The molecular formula is C13H16FNO2. The SMILES string of the molecule is CC1CC(C)N(c2ccc(F)cc2C(=O)O)C1. The third-order valence-electron chi connectivity index (χ3n) is 3.28. The second-order valence-electron chi connectivity index (χ2n) is 4.81. The summed E-state index contributed by atoms with van der Waals surface area (Å²) in [6.07, 6.45) is 1.04. The topological polar surface area (TPSA) is 40.5 Å². The molecule has 1 aromatic rings. The molecule has 1 N–H and O–H groups in total. The average molecular weight is 237 g/mol. The number of carbonyl (C=O) groups is 1. The summed E-state index contributed by atoms with van der Waals surface area (Å²) >= 11 is 0. The van der Waals surface area contributed by atoms with Crippen molar-refractivity contribution < 1.29 is 14.3 Å². The predicted octanol–water partition coefficient (Wildman–Crippen LogP) is 2.76. The Bertz CT molecular complexity index is 447. The van der Waals surface area contributed by atoms with Gasteiger partial charge in [-0.05, 0) is 37.5 Å². The van der Waals surface area contributed by atoms with Gasteiger partial charge in [-0.2, -0.15) is 0 Å². The van der Waals surface area contributed by atoms with Gasteiger partial charge in [0, 0.05) is 12.6 Å². The first-order valence-electron chi connectivity index (χ1n) is 5.78. The second-order valence-corrected chi connectivity index (χ2v) is 4.81. The zero-order valence-corrected chi connectivity index (χ0v) is 9.98. The van der Waals surface area contributed by atoms with Crippen molar-refractivity contribution >= 4 is 11.7 Å². The van der Waals surface area contributed by atoms with Crippen LogP contribution < -0.4 is 4.90 Å². The summed E-state index contributed by atoms with van der Waals surface area (Å²) in [5, 5.41) is 9.11. The summed E-state index contributed by atoms with van der Waals surface area (Å²) in [5.74, 6) is -1.05. The van der Waals surface area contributed by atoms with Gasteiger partial charge in [0.15, 0.2) is 0 Å².